The third kappa shape index (κ3) is 2.09. The van der Waals surface area contributed by atoms with Crippen LogP contribution in [0.25, 0.3) is 0 Å². The Hall–Kier alpha value is 0.170. The zero-order valence-corrected chi connectivity index (χ0v) is 8.50. The molecule has 0 radical (unpaired) electrons. The topological polar surface area (TPSA) is 3.24 Å². The van der Waals surface area contributed by atoms with Crippen LogP contribution in [0.2, 0.25) is 0 Å². The van der Waals surface area contributed by atoms with E-state index in [9.17, 15) is 0 Å². The van der Waals surface area contributed by atoms with E-state index in [-0.39, 0.29) is 0 Å². The quantitative estimate of drug-likeness (QED) is 0.677. The van der Waals surface area contributed by atoms with Gasteiger partial charge in [-0.1, -0.05) is 18.2 Å². The minimum absolute atomic E-state index is 0.649. The van der Waals surface area contributed by atoms with E-state index in [4.69, 9.17) is 0 Å². The van der Waals surface area contributed by atoms with E-state index in [1.165, 1.54) is 3.58 Å². The van der Waals surface area contributed by atoms with Crippen LogP contribution in [0.15, 0.2) is 21.8 Å². The number of hydrogen-bond donors (Lipinski definition) is 0. The number of halogens is 1. The maximum absolute atomic E-state index is 2.40. The lowest BCUT2D eigenvalue weighted by Gasteiger charge is -2.14. The number of nitrogens with zero attached hydrogens (tertiary/aromatic N) is 1. The van der Waals surface area contributed by atoms with Gasteiger partial charge in [-0.05, 0) is 40.3 Å². The highest BCUT2D eigenvalue weighted by Gasteiger charge is 2.11. The van der Waals surface area contributed by atoms with E-state index in [1.54, 1.807) is 0 Å². The molecule has 0 saturated heterocycles. The second-order valence-electron chi connectivity index (χ2n) is 2.81. The third-order valence-electron chi connectivity index (χ3n) is 1.51. The van der Waals surface area contributed by atoms with Crippen molar-refractivity contribution in [3.8, 4) is 0 Å². The van der Waals surface area contributed by atoms with Crippen LogP contribution in [0.5, 0.6) is 0 Å². The zero-order chi connectivity index (χ0) is 7.56. The van der Waals surface area contributed by atoms with Crippen LogP contribution in [-0.4, -0.2) is 25.5 Å². The van der Waals surface area contributed by atoms with Crippen LogP contribution < -0.4 is 0 Å². The van der Waals surface area contributed by atoms with Gasteiger partial charge in [0.2, 0.25) is 0 Å². The highest BCUT2D eigenvalue weighted by Crippen LogP contribution is 2.25. The van der Waals surface area contributed by atoms with Gasteiger partial charge in [0.05, 0.1) is 0 Å². The molecule has 1 atom stereocenters. The summed E-state index contributed by atoms with van der Waals surface area (Å²) in [5.41, 5.74) is 0. The average molecular weight is 249 g/mol. The van der Waals surface area contributed by atoms with E-state index in [1.807, 2.05) is 0 Å². The molecule has 1 unspecified atom stereocenters. The summed E-state index contributed by atoms with van der Waals surface area (Å²) in [4.78, 5) is 2.22. The van der Waals surface area contributed by atoms with Crippen molar-refractivity contribution in [3.63, 3.8) is 0 Å². The number of hydrogen-bond acceptors (Lipinski definition) is 1. The summed E-state index contributed by atoms with van der Waals surface area (Å²) < 4.78 is 1.45. The average Bonchev–Trinajstić information content (AvgIpc) is 2.15. The molecule has 0 aliphatic heterocycles. The van der Waals surface area contributed by atoms with Gasteiger partial charge in [0, 0.05) is 12.5 Å². The van der Waals surface area contributed by atoms with Crippen molar-refractivity contribution in [2.45, 2.75) is 0 Å². The minimum atomic E-state index is 0.649. The van der Waals surface area contributed by atoms with E-state index in [2.05, 4.69) is 59.8 Å². The van der Waals surface area contributed by atoms with E-state index < -0.39 is 0 Å². The summed E-state index contributed by atoms with van der Waals surface area (Å²) >= 11 is 2.40. The molecule has 0 heterocycles. The molecule has 0 aromatic rings. The smallest absolute Gasteiger partial charge is 0.0207 e. The fourth-order valence-corrected chi connectivity index (χ4v) is 1.65. The van der Waals surface area contributed by atoms with E-state index in [0.717, 1.165) is 6.54 Å². The molecule has 0 aromatic carbocycles. The second kappa shape index (κ2) is 3.53. The standard InChI is InChI=1S/C8H12IN/c1-10(2)6-7-4-3-5-8(7)9/h3-5,7H,6H2,1-2H3. The van der Waals surface area contributed by atoms with Crippen molar-refractivity contribution in [1.82, 2.24) is 4.90 Å². The van der Waals surface area contributed by atoms with Crippen LogP contribution in [0.4, 0.5) is 0 Å². The van der Waals surface area contributed by atoms with Crippen molar-refractivity contribution < 1.29 is 0 Å². The first-order valence-corrected chi connectivity index (χ1v) is 4.46. The molecule has 2 heteroatoms. The summed E-state index contributed by atoms with van der Waals surface area (Å²) in [6.07, 6.45) is 6.56. The van der Waals surface area contributed by atoms with Crippen molar-refractivity contribution in [1.29, 1.82) is 0 Å². The summed E-state index contributed by atoms with van der Waals surface area (Å²) in [7, 11) is 4.21. The SMILES string of the molecule is CN(C)CC1C=CC=C1I. The Morgan fingerprint density at radius 1 is 1.60 bits per heavy atom. The van der Waals surface area contributed by atoms with Crippen molar-refractivity contribution in [3.05, 3.63) is 21.8 Å². The Kier molecular flexibility index (Phi) is 2.92. The highest BCUT2D eigenvalue weighted by molar-refractivity contribution is 14.1. The third-order valence-corrected chi connectivity index (χ3v) is 2.67. The molecule has 0 N–H and O–H groups in total. The van der Waals surface area contributed by atoms with Gasteiger partial charge >= 0.3 is 0 Å². The first-order valence-electron chi connectivity index (χ1n) is 3.39. The maximum Gasteiger partial charge on any atom is 0.0207 e. The van der Waals surface area contributed by atoms with Crippen LogP contribution >= 0.6 is 22.6 Å². The lowest BCUT2D eigenvalue weighted by molar-refractivity contribution is 0.386. The maximum atomic E-state index is 2.40. The van der Waals surface area contributed by atoms with Crippen LogP contribution in [-0.2, 0) is 0 Å². The van der Waals surface area contributed by atoms with Crippen LogP contribution in [0.1, 0.15) is 0 Å². The Labute approximate surface area is 75.9 Å². The van der Waals surface area contributed by atoms with Crippen LogP contribution in [0.3, 0.4) is 0 Å². The molecule has 1 aliphatic rings. The molecule has 56 valence electrons. The Bertz CT molecular complexity index is 170. The van der Waals surface area contributed by atoms with Crippen molar-refractivity contribution in [2.24, 2.45) is 5.92 Å². The highest BCUT2D eigenvalue weighted by atomic mass is 127. The van der Waals surface area contributed by atoms with Gasteiger partial charge in [0.25, 0.3) is 0 Å². The second-order valence-corrected chi connectivity index (χ2v) is 4.05. The predicted octanol–water partition coefficient (Wildman–Crippen LogP) is 2.05. The monoisotopic (exact) mass is 249 g/mol. The van der Waals surface area contributed by atoms with Crippen LogP contribution in [0, 0.1) is 5.92 Å². The van der Waals surface area contributed by atoms with Crippen molar-refractivity contribution in [2.75, 3.05) is 20.6 Å². The Morgan fingerprint density at radius 2 is 2.30 bits per heavy atom. The minimum Gasteiger partial charge on any atom is -0.308 e. The molecule has 0 amide bonds. The van der Waals surface area contributed by atoms with E-state index >= 15 is 0 Å². The van der Waals surface area contributed by atoms with Gasteiger partial charge < -0.3 is 4.90 Å². The first-order chi connectivity index (χ1) is 4.70. The zero-order valence-electron chi connectivity index (χ0n) is 6.34. The number of rotatable bonds is 2. The molecule has 1 rings (SSSR count). The summed E-state index contributed by atoms with van der Waals surface area (Å²) in [5.74, 6) is 0.649. The van der Waals surface area contributed by atoms with Gasteiger partial charge in [-0.25, -0.2) is 0 Å². The lowest BCUT2D eigenvalue weighted by Crippen LogP contribution is -2.19. The number of allylic oxidation sites excluding steroid dienone is 2. The molecule has 0 saturated carbocycles. The van der Waals surface area contributed by atoms with Gasteiger partial charge in [-0.2, -0.15) is 0 Å². The van der Waals surface area contributed by atoms with Gasteiger partial charge in [-0.3, -0.25) is 0 Å². The summed E-state index contributed by atoms with van der Waals surface area (Å²) in [5, 5.41) is 0. The first kappa shape index (κ1) is 8.27. The molecule has 0 spiro atoms. The van der Waals surface area contributed by atoms with Gasteiger partial charge in [-0.15, -0.1) is 0 Å². The molecule has 0 fully saturated rings. The van der Waals surface area contributed by atoms with Crippen molar-refractivity contribution >= 4 is 22.6 Å². The molecule has 0 aromatic heterocycles. The summed E-state index contributed by atoms with van der Waals surface area (Å²) in [6, 6.07) is 0. The van der Waals surface area contributed by atoms with E-state index in [0.29, 0.717) is 5.92 Å². The Balaban J connectivity index is 2.43. The molecule has 0 bridgehead atoms. The molecular formula is C8H12IN. The van der Waals surface area contributed by atoms with Gasteiger partial charge in [0.1, 0.15) is 0 Å². The molecule has 1 aliphatic carbocycles. The van der Waals surface area contributed by atoms with Gasteiger partial charge in [0.15, 0.2) is 0 Å². The fraction of sp³-hybridized carbons (Fsp3) is 0.500. The lowest BCUT2D eigenvalue weighted by atomic mass is 10.2. The largest absolute Gasteiger partial charge is 0.308 e. The fourth-order valence-electron chi connectivity index (χ4n) is 1.04. The molecule has 1 nitrogen and oxygen atoms in total. The predicted molar refractivity (Wildman–Crippen MR) is 53.3 cm³/mol. The molecule has 10 heavy (non-hydrogen) atoms. The Morgan fingerprint density at radius 3 is 2.70 bits per heavy atom. The summed E-state index contributed by atoms with van der Waals surface area (Å²) in [6.45, 7) is 1.13. The molecular weight excluding hydrogens is 237 g/mol. The normalized spacial score (nSPS) is 24.0.